The van der Waals surface area contributed by atoms with Gasteiger partial charge in [0, 0.05) is 0 Å². The monoisotopic (exact) mass is 315 g/mol. The summed E-state index contributed by atoms with van der Waals surface area (Å²) in [5, 5.41) is 0. The molecule has 5 heteroatoms. The van der Waals surface area contributed by atoms with Crippen molar-refractivity contribution in [2.45, 2.75) is 45.1 Å². The van der Waals surface area contributed by atoms with Gasteiger partial charge in [0.2, 0.25) is 0 Å². The molecular weight excluding hydrogens is 289 g/mol. The Morgan fingerprint density at radius 3 is 2.05 bits per heavy atom. The van der Waals surface area contributed by atoms with Crippen molar-refractivity contribution in [1.29, 1.82) is 0 Å². The van der Waals surface area contributed by atoms with E-state index in [0.29, 0.717) is 12.3 Å². The highest BCUT2D eigenvalue weighted by Crippen LogP contribution is 2.57. The van der Waals surface area contributed by atoms with Crippen LogP contribution in [0.5, 0.6) is 0 Å². The molecule has 0 aliphatic heterocycles. The van der Waals surface area contributed by atoms with Crippen LogP contribution in [0.2, 0.25) is 0 Å². The van der Waals surface area contributed by atoms with Crippen LogP contribution in [0, 0.1) is 0 Å². The second kappa shape index (κ2) is 7.02. The van der Waals surface area contributed by atoms with Crippen LogP contribution in [0.3, 0.4) is 0 Å². The molecule has 0 fully saturated rings. The molecule has 1 aromatic rings. The summed E-state index contributed by atoms with van der Waals surface area (Å²) in [7, 11) is -3.68. The first-order valence-corrected chi connectivity index (χ1v) is 10.3. The number of hydrogen-bond acceptors (Lipinski definition) is 2. The lowest BCUT2D eigenvalue weighted by Gasteiger charge is -2.30. The Hall–Kier alpha value is -0.440. The van der Waals surface area contributed by atoms with Gasteiger partial charge in [0.05, 0.1) is 21.5 Å². The summed E-state index contributed by atoms with van der Waals surface area (Å²) in [5.74, 6) is -0.334. The summed E-state index contributed by atoms with van der Waals surface area (Å²) in [6.07, 6.45) is 1.22. The van der Waals surface area contributed by atoms with Crippen molar-refractivity contribution in [3.05, 3.63) is 35.9 Å². The topological polar surface area (TPSA) is 46.2 Å². The van der Waals surface area contributed by atoms with Gasteiger partial charge in [-0.1, -0.05) is 44.2 Å². The molecule has 0 radical (unpaired) electrons. The summed E-state index contributed by atoms with van der Waals surface area (Å²) in [6.45, 7) is 9.65. The van der Waals surface area contributed by atoms with Crippen molar-refractivity contribution in [3.8, 4) is 0 Å². The highest BCUT2D eigenvalue weighted by Gasteiger charge is 2.34. The zero-order chi connectivity index (χ0) is 15.4. The third-order valence-electron chi connectivity index (χ3n) is 3.43. The fourth-order valence-corrected chi connectivity index (χ4v) is 5.58. The molecule has 3 nitrogen and oxygen atoms in total. The van der Waals surface area contributed by atoms with Gasteiger partial charge in [-0.15, -0.1) is 0 Å². The molecule has 0 aliphatic rings. The summed E-state index contributed by atoms with van der Waals surface area (Å²) in [6, 6.07) is 9.70. The van der Waals surface area contributed by atoms with Crippen LogP contribution in [0.25, 0.3) is 0 Å². The van der Waals surface area contributed by atoms with Crippen molar-refractivity contribution in [2.24, 2.45) is 0 Å². The molecule has 0 saturated carbocycles. The summed E-state index contributed by atoms with van der Waals surface area (Å²) < 4.78 is 28.3. The predicted octanol–water partition coefficient (Wildman–Crippen LogP) is 4.14. The summed E-state index contributed by atoms with van der Waals surface area (Å²) in [4.78, 5) is 0. The van der Waals surface area contributed by atoms with Gasteiger partial charge in [0.25, 0.3) is 0 Å². The van der Waals surface area contributed by atoms with Gasteiger partial charge in [0.15, 0.2) is 0 Å². The minimum Gasteiger partial charge on any atom is -0.322 e. The van der Waals surface area contributed by atoms with Crippen molar-refractivity contribution < 1.29 is 8.77 Å². The van der Waals surface area contributed by atoms with Gasteiger partial charge >= 0.3 is 0 Å². The fourth-order valence-electron chi connectivity index (χ4n) is 1.94. The van der Waals surface area contributed by atoms with Crippen LogP contribution in [0.4, 0.5) is 0 Å². The molecule has 0 heterocycles. The van der Waals surface area contributed by atoms with Crippen molar-refractivity contribution >= 4 is 18.1 Å². The van der Waals surface area contributed by atoms with E-state index < -0.39 is 18.1 Å². The first-order valence-electron chi connectivity index (χ1n) is 7.05. The van der Waals surface area contributed by atoms with Crippen LogP contribution < -0.4 is 4.72 Å². The van der Waals surface area contributed by atoms with Crippen LogP contribution in [0.1, 0.15) is 46.0 Å². The normalized spacial score (nSPS) is 15.8. The largest absolute Gasteiger partial charge is 0.322 e. The van der Waals surface area contributed by atoms with Crippen molar-refractivity contribution in [3.63, 3.8) is 0 Å². The summed E-state index contributed by atoms with van der Waals surface area (Å²) in [5.41, 5.74) is 0.956. The Kier molecular flexibility index (Phi) is 6.18. The Morgan fingerprint density at radius 2 is 1.65 bits per heavy atom. The number of benzene rings is 1. The van der Waals surface area contributed by atoms with Crippen LogP contribution in [-0.2, 0) is 15.6 Å². The highest BCUT2D eigenvalue weighted by molar-refractivity contribution is 7.85. The van der Waals surface area contributed by atoms with E-state index in [4.69, 9.17) is 0 Å². The van der Waals surface area contributed by atoms with E-state index in [1.165, 1.54) is 0 Å². The third-order valence-corrected chi connectivity index (χ3v) is 8.68. The maximum absolute atomic E-state index is 13.1. The lowest BCUT2D eigenvalue weighted by Crippen LogP contribution is -2.36. The average molecular weight is 315 g/mol. The Labute approximate surface area is 125 Å². The number of rotatable bonds is 6. The molecule has 0 unspecified atom stereocenters. The number of hydrogen-bond donors (Lipinski definition) is 1. The molecule has 114 valence electrons. The van der Waals surface area contributed by atoms with Gasteiger partial charge in [0.1, 0.15) is 7.14 Å². The zero-order valence-electron chi connectivity index (χ0n) is 13.1. The molecule has 0 amide bonds. The quantitative estimate of drug-likeness (QED) is 0.802. The molecule has 1 rings (SSSR count). The Bertz CT molecular complexity index is 488. The van der Waals surface area contributed by atoms with E-state index in [1.54, 1.807) is 0 Å². The molecular formula is C15H26NO2PS. The molecule has 2 atom stereocenters. The van der Waals surface area contributed by atoms with Gasteiger partial charge in [-0.3, -0.25) is 0 Å². The smallest absolute Gasteiger partial charge is 0.108 e. The predicted molar refractivity (Wildman–Crippen MR) is 88.9 cm³/mol. The fraction of sp³-hybridized carbons (Fsp3) is 0.600. The van der Waals surface area contributed by atoms with E-state index >= 15 is 0 Å². The molecule has 1 aromatic carbocycles. The molecule has 0 bridgehead atoms. The summed E-state index contributed by atoms with van der Waals surface area (Å²) >= 11 is 0. The lowest BCUT2D eigenvalue weighted by atomic mass is 10.2. The molecule has 20 heavy (non-hydrogen) atoms. The van der Waals surface area contributed by atoms with Crippen LogP contribution in [0.15, 0.2) is 30.3 Å². The SMILES string of the molecule is CCP(=O)(CC)[C@@H](N[S@@](=O)C(C)(C)C)c1ccccc1. The van der Waals surface area contributed by atoms with Gasteiger partial charge < -0.3 is 4.57 Å². The van der Waals surface area contributed by atoms with Gasteiger partial charge in [-0.25, -0.2) is 8.93 Å². The maximum atomic E-state index is 13.1. The van der Waals surface area contributed by atoms with E-state index in [2.05, 4.69) is 4.72 Å². The van der Waals surface area contributed by atoms with Crippen molar-refractivity contribution in [2.75, 3.05) is 12.3 Å². The van der Waals surface area contributed by atoms with E-state index in [1.807, 2.05) is 65.0 Å². The Balaban J connectivity index is 3.16. The Morgan fingerprint density at radius 1 is 1.15 bits per heavy atom. The second-order valence-electron chi connectivity index (χ2n) is 5.90. The molecule has 0 saturated heterocycles. The van der Waals surface area contributed by atoms with Gasteiger partial charge in [-0.2, -0.15) is 0 Å². The standard InChI is InChI=1S/C15H26NO2PS/c1-6-19(17,7-2)14(13-11-9-8-10-12-13)16-20(18)15(3,4)5/h8-12,14,16H,6-7H2,1-5H3/t14-,20+/m1/s1. The zero-order valence-corrected chi connectivity index (χ0v) is 14.8. The minimum absolute atomic E-state index is 0.334. The van der Waals surface area contributed by atoms with Gasteiger partial charge in [-0.05, 0) is 38.7 Å². The average Bonchev–Trinajstić information content (AvgIpc) is 2.43. The molecule has 0 aromatic heterocycles. The second-order valence-corrected chi connectivity index (χ2v) is 11.6. The highest BCUT2D eigenvalue weighted by atomic mass is 32.2. The molecule has 0 spiro atoms. The van der Waals surface area contributed by atoms with Crippen molar-refractivity contribution in [1.82, 2.24) is 4.72 Å². The van der Waals surface area contributed by atoms with Crippen LogP contribution >= 0.6 is 7.14 Å². The third kappa shape index (κ3) is 4.28. The molecule has 0 aliphatic carbocycles. The number of nitrogens with one attached hydrogen (secondary N) is 1. The van der Waals surface area contributed by atoms with E-state index in [-0.39, 0.29) is 10.5 Å². The maximum Gasteiger partial charge on any atom is 0.108 e. The van der Waals surface area contributed by atoms with E-state index in [9.17, 15) is 8.77 Å². The lowest BCUT2D eigenvalue weighted by molar-refractivity contribution is 0.560. The van der Waals surface area contributed by atoms with Crippen LogP contribution in [-0.4, -0.2) is 21.3 Å². The minimum atomic E-state index is -2.44. The van der Waals surface area contributed by atoms with E-state index in [0.717, 1.165) is 5.56 Å². The first kappa shape index (κ1) is 17.6. The first-order chi connectivity index (χ1) is 9.24. The molecule has 1 N–H and O–H groups in total.